The Bertz CT molecular complexity index is 886. The summed E-state index contributed by atoms with van der Waals surface area (Å²) in [5.41, 5.74) is 1.35. The fourth-order valence-electron chi connectivity index (χ4n) is 2.59. The molecule has 0 aliphatic carbocycles. The summed E-state index contributed by atoms with van der Waals surface area (Å²) in [6, 6.07) is 10.7. The van der Waals surface area contributed by atoms with Gasteiger partial charge < -0.3 is 16.0 Å². The van der Waals surface area contributed by atoms with Gasteiger partial charge in [-0.25, -0.2) is 0 Å². The predicted molar refractivity (Wildman–Crippen MR) is 101 cm³/mol. The van der Waals surface area contributed by atoms with Crippen LogP contribution in [0.5, 0.6) is 0 Å². The molecule has 2 aromatic carbocycles. The van der Waals surface area contributed by atoms with Crippen molar-refractivity contribution in [1.29, 1.82) is 0 Å². The van der Waals surface area contributed by atoms with Gasteiger partial charge in [0.25, 0.3) is 5.91 Å². The van der Waals surface area contributed by atoms with Gasteiger partial charge in [0, 0.05) is 12.1 Å². The number of para-hydroxylation sites is 1. The van der Waals surface area contributed by atoms with E-state index < -0.39 is 6.04 Å². The van der Waals surface area contributed by atoms with Crippen molar-refractivity contribution >= 4 is 52.3 Å². The molecule has 3 amide bonds. The predicted octanol–water partition coefficient (Wildman–Crippen LogP) is 3.46. The average Bonchev–Trinajstić information content (AvgIpc) is 2.73. The molecule has 3 rings (SSSR count). The van der Waals surface area contributed by atoms with Crippen LogP contribution >= 0.6 is 23.2 Å². The molecule has 1 aliphatic heterocycles. The number of carbonyl (C=O) groups excluding carboxylic acids is 3. The van der Waals surface area contributed by atoms with E-state index in [0.29, 0.717) is 27.0 Å². The topological polar surface area (TPSA) is 87.3 Å². The Balaban J connectivity index is 1.60. The summed E-state index contributed by atoms with van der Waals surface area (Å²) in [5, 5.41) is 8.76. The standard InChI is InChI=1S/C18H15Cl2N3O3/c19-12-6-5-10(9-13(12)20)21-16(24)8-7-15-18(26)22-14-4-2-1-3-11(14)17(25)23-15/h1-6,9,15H,7-8H2,(H,21,24)(H,22,26)(H,23,25)/t15-/m1/s1. The zero-order valence-corrected chi connectivity index (χ0v) is 15.0. The van der Waals surface area contributed by atoms with Crippen LogP contribution in [0.15, 0.2) is 42.5 Å². The van der Waals surface area contributed by atoms with Crippen molar-refractivity contribution in [3.63, 3.8) is 0 Å². The van der Waals surface area contributed by atoms with Gasteiger partial charge in [0.1, 0.15) is 6.04 Å². The van der Waals surface area contributed by atoms with Crippen molar-refractivity contribution in [3.05, 3.63) is 58.1 Å². The van der Waals surface area contributed by atoms with E-state index in [1.165, 1.54) is 0 Å². The third-order valence-electron chi connectivity index (χ3n) is 3.91. The van der Waals surface area contributed by atoms with E-state index in [9.17, 15) is 14.4 Å². The summed E-state index contributed by atoms with van der Waals surface area (Å²) < 4.78 is 0. The monoisotopic (exact) mass is 391 g/mol. The lowest BCUT2D eigenvalue weighted by Gasteiger charge is -2.14. The maximum atomic E-state index is 12.3. The Morgan fingerprint density at radius 2 is 1.85 bits per heavy atom. The van der Waals surface area contributed by atoms with Crippen molar-refractivity contribution in [2.75, 3.05) is 10.6 Å². The lowest BCUT2D eigenvalue weighted by atomic mass is 10.1. The van der Waals surface area contributed by atoms with E-state index in [-0.39, 0.29) is 30.6 Å². The molecule has 134 valence electrons. The molecule has 0 saturated heterocycles. The first-order chi connectivity index (χ1) is 12.4. The van der Waals surface area contributed by atoms with Crippen molar-refractivity contribution in [2.45, 2.75) is 18.9 Å². The van der Waals surface area contributed by atoms with E-state index in [4.69, 9.17) is 23.2 Å². The van der Waals surface area contributed by atoms with Crippen LogP contribution < -0.4 is 16.0 Å². The first-order valence-electron chi connectivity index (χ1n) is 7.89. The molecule has 6 nitrogen and oxygen atoms in total. The number of nitrogens with one attached hydrogen (secondary N) is 3. The summed E-state index contributed by atoms with van der Waals surface area (Å²) in [4.78, 5) is 36.6. The van der Waals surface area contributed by atoms with Crippen molar-refractivity contribution in [1.82, 2.24) is 5.32 Å². The number of carbonyl (C=O) groups is 3. The third kappa shape index (κ3) is 4.15. The van der Waals surface area contributed by atoms with Crippen LogP contribution in [0.2, 0.25) is 10.0 Å². The highest BCUT2D eigenvalue weighted by molar-refractivity contribution is 6.42. The Morgan fingerprint density at radius 3 is 2.62 bits per heavy atom. The number of hydrogen-bond acceptors (Lipinski definition) is 3. The second kappa shape index (κ2) is 7.76. The SMILES string of the molecule is O=C(CC[C@H]1NC(=O)c2ccccc2NC1=O)Nc1ccc(Cl)c(Cl)c1. The van der Waals surface area contributed by atoms with Gasteiger partial charge in [-0.1, -0.05) is 35.3 Å². The van der Waals surface area contributed by atoms with Gasteiger partial charge in [-0.15, -0.1) is 0 Å². The molecule has 1 atom stereocenters. The fraction of sp³-hybridized carbons (Fsp3) is 0.167. The van der Waals surface area contributed by atoms with E-state index in [0.717, 1.165) is 0 Å². The molecule has 0 radical (unpaired) electrons. The zero-order valence-electron chi connectivity index (χ0n) is 13.5. The molecule has 2 aromatic rings. The first kappa shape index (κ1) is 18.2. The number of anilines is 2. The number of rotatable bonds is 4. The minimum atomic E-state index is -0.797. The average molecular weight is 392 g/mol. The minimum absolute atomic E-state index is 0.0506. The molecular weight excluding hydrogens is 377 g/mol. The van der Waals surface area contributed by atoms with Gasteiger partial charge in [0.15, 0.2) is 0 Å². The Morgan fingerprint density at radius 1 is 1.08 bits per heavy atom. The van der Waals surface area contributed by atoms with Crippen LogP contribution in [0.4, 0.5) is 11.4 Å². The molecule has 0 fully saturated rings. The first-order valence-corrected chi connectivity index (χ1v) is 8.65. The van der Waals surface area contributed by atoms with Crippen molar-refractivity contribution < 1.29 is 14.4 Å². The summed E-state index contributed by atoms with van der Waals surface area (Å²) in [6.45, 7) is 0. The molecular formula is C18H15Cl2N3O3. The van der Waals surface area contributed by atoms with Crippen LogP contribution in [0.25, 0.3) is 0 Å². The molecule has 3 N–H and O–H groups in total. The highest BCUT2D eigenvalue weighted by Crippen LogP contribution is 2.25. The molecule has 8 heteroatoms. The van der Waals surface area contributed by atoms with Crippen LogP contribution in [-0.4, -0.2) is 23.8 Å². The number of benzene rings is 2. The van der Waals surface area contributed by atoms with E-state index >= 15 is 0 Å². The van der Waals surface area contributed by atoms with Gasteiger partial charge in [-0.2, -0.15) is 0 Å². The number of amides is 3. The highest BCUT2D eigenvalue weighted by atomic mass is 35.5. The van der Waals surface area contributed by atoms with Gasteiger partial charge in [0.2, 0.25) is 11.8 Å². The lowest BCUT2D eigenvalue weighted by Crippen LogP contribution is -2.41. The number of hydrogen-bond donors (Lipinski definition) is 3. The molecule has 0 aromatic heterocycles. The maximum absolute atomic E-state index is 12.3. The Kier molecular flexibility index (Phi) is 5.44. The molecule has 0 saturated carbocycles. The normalized spacial score (nSPS) is 16.2. The zero-order chi connectivity index (χ0) is 18.7. The summed E-state index contributed by atoms with van der Waals surface area (Å²) in [5.74, 6) is -1.01. The molecule has 0 bridgehead atoms. The van der Waals surface area contributed by atoms with Gasteiger partial charge >= 0.3 is 0 Å². The number of fused-ring (bicyclic) bond motifs is 1. The van der Waals surface area contributed by atoms with Crippen LogP contribution in [0, 0.1) is 0 Å². The number of halogens is 2. The Labute approximate surface area is 159 Å². The second-order valence-electron chi connectivity index (χ2n) is 5.78. The van der Waals surface area contributed by atoms with E-state index in [2.05, 4.69) is 16.0 Å². The molecule has 0 unspecified atom stereocenters. The molecule has 0 spiro atoms. The second-order valence-corrected chi connectivity index (χ2v) is 6.59. The fourth-order valence-corrected chi connectivity index (χ4v) is 2.89. The van der Waals surface area contributed by atoms with E-state index in [1.54, 1.807) is 42.5 Å². The summed E-state index contributed by atoms with van der Waals surface area (Å²) in [6.07, 6.45) is 0.216. The van der Waals surface area contributed by atoms with Crippen LogP contribution in [-0.2, 0) is 9.59 Å². The Hall–Kier alpha value is -2.57. The van der Waals surface area contributed by atoms with Gasteiger partial charge in [-0.05, 0) is 36.8 Å². The van der Waals surface area contributed by atoms with Crippen molar-refractivity contribution in [2.24, 2.45) is 0 Å². The molecule has 1 heterocycles. The third-order valence-corrected chi connectivity index (χ3v) is 4.65. The minimum Gasteiger partial charge on any atom is -0.340 e. The van der Waals surface area contributed by atoms with Gasteiger partial charge in [-0.3, -0.25) is 14.4 Å². The molecule has 26 heavy (non-hydrogen) atoms. The maximum Gasteiger partial charge on any atom is 0.254 e. The van der Waals surface area contributed by atoms with Crippen molar-refractivity contribution in [3.8, 4) is 0 Å². The van der Waals surface area contributed by atoms with Crippen LogP contribution in [0.3, 0.4) is 0 Å². The summed E-state index contributed by atoms with van der Waals surface area (Å²) >= 11 is 11.7. The quantitative estimate of drug-likeness (QED) is 0.745. The largest absolute Gasteiger partial charge is 0.340 e. The van der Waals surface area contributed by atoms with Crippen LogP contribution in [0.1, 0.15) is 23.2 Å². The van der Waals surface area contributed by atoms with E-state index in [1.807, 2.05) is 0 Å². The molecule has 1 aliphatic rings. The smallest absolute Gasteiger partial charge is 0.254 e. The summed E-state index contributed by atoms with van der Waals surface area (Å²) in [7, 11) is 0. The highest BCUT2D eigenvalue weighted by Gasteiger charge is 2.27. The lowest BCUT2D eigenvalue weighted by molar-refractivity contribution is -0.118. The van der Waals surface area contributed by atoms with Gasteiger partial charge in [0.05, 0.1) is 21.3 Å².